The Hall–Kier alpha value is -2.02. The van der Waals surface area contributed by atoms with Crippen LogP contribution in [0.4, 0.5) is 13.2 Å². The fraction of sp³-hybridized carbons (Fsp3) is 0.294. The van der Waals surface area contributed by atoms with E-state index in [1.807, 2.05) is 30.3 Å². The smallest absolute Gasteiger partial charge is 0.264 e. The van der Waals surface area contributed by atoms with Gasteiger partial charge in [0.25, 0.3) is 0 Å². The molecule has 24 heavy (non-hydrogen) atoms. The van der Waals surface area contributed by atoms with Crippen molar-refractivity contribution in [2.75, 3.05) is 12.3 Å². The SMILES string of the molecule is O=[N+]([O-])C[C@](SCCc1ccccc1)(c1ccccc1)C(F)(F)F. The van der Waals surface area contributed by atoms with E-state index in [0.717, 1.165) is 5.56 Å². The molecule has 0 unspecified atom stereocenters. The van der Waals surface area contributed by atoms with Crippen molar-refractivity contribution in [3.05, 3.63) is 81.9 Å². The van der Waals surface area contributed by atoms with Crippen molar-refractivity contribution in [3.63, 3.8) is 0 Å². The van der Waals surface area contributed by atoms with Gasteiger partial charge in [-0.15, -0.1) is 11.8 Å². The fourth-order valence-corrected chi connectivity index (χ4v) is 3.78. The molecule has 2 aromatic rings. The second kappa shape index (κ2) is 7.70. The molecular formula is C17H16F3NO2S. The van der Waals surface area contributed by atoms with E-state index in [-0.39, 0.29) is 11.3 Å². The molecule has 3 nitrogen and oxygen atoms in total. The molecule has 128 valence electrons. The van der Waals surface area contributed by atoms with Crippen LogP contribution in [-0.4, -0.2) is 23.4 Å². The molecule has 0 fully saturated rings. The number of aryl methyl sites for hydroxylation is 1. The number of nitro groups is 1. The highest BCUT2D eigenvalue weighted by Gasteiger charge is 2.60. The van der Waals surface area contributed by atoms with Crippen LogP contribution in [0.15, 0.2) is 60.7 Å². The predicted molar refractivity (Wildman–Crippen MR) is 88.6 cm³/mol. The van der Waals surface area contributed by atoms with Crippen LogP contribution in [0, 0.1) is 10.1 Å². The zero-order chi connectivity index (χ0) is 17.6. The second-order valence-corrected chi connectivity index (χ2v) is 6.66. The van der Waals surface area contributed by atoms with Crippen LogP contribution < -0.4 is 0 Å². The zero-order valence-electron chi connectivity index (χ0n) is 12.7. The Bertz CT molecular complexity index is 665. The number of thioether (sulfide) groups is 1. The molecule has 0 spiro atoms. The molecule has 0 aromatic heterocycles. The summed E-state index contributed by atoms with van der Waals surface area (Å²) in [7, 11) is 0. The van der Waals surface area contributed by atoms with Gasteiger partial charge in [0.1, 0.15) is 0 Å². The van der Waals surface area contributed by atoms with Gasteiger partial charge in [-0.2, -0.15) is 13.2 Å². The van der Waals surface area contributed by atoms with Crippen LogP contribution in [0.3, 0.4) is 0 Å². The standard InChI is InChI=1S/C17H16F3NO2S/c18-17(19,20)16(13-21(22)23,15-9-5-2-6-10-15)24-12-11-14-7-3-1-4-8-14/h1-10H,11-13H2/t16-/m0/s1. The molecule has 0 aliphatic heterocycles. The molecule has 2 aromatic carbocycles. The summed E-state index contributed by atoms with van der Waals surface area (Å²) in [6, 6.07) is 16.2. The van der Waals surface area contributed by atoms with Gasteiger partial charge in [-0.25, -0.2) is 0 Å². The number of benzene rings is 2. The summed E-state index contributed by atoms with van der Waals surface area (Å²) in [5.74, 6) is 0.131. The van der Waals surface area contributed by atoms with Crippen molar-refractivity contribution in [1.82, 2.24) is 0 Å². The molecule has 7 heteroatoms. The number of nitrogens with zero attached hydrogens (tertiary/aromatic N) is 1. The van der Waals surface area contributed by atoms with Gasteiger partial charge in [0.2, 0.25) is 11.3 Å². The highest BCUT2D eigenvalue weighted by atomic mass is 32.2. The monoisotopic (exact) mass is 355 g/mol. The summed E-state index contributed by atoms with van der Waals surface area (Å²) in [6.07, 6.45) is -4.32. The van der Waals surface area contributed by atoms with Crippen LogP contribution in [0.5, 0.6) is 0 Å². The first-order valence-electron chi connectivity index (χ1n) is 7.27. The minimum atomic E-state index is -4.73. The first-order valence-corrected chi connectivity index (χ1v) is 8.26. The summed E-state index contributed by atoms with van der Waals surface area (Å²) in [5.41, 5.74) is 0.808. The molecule has 0 heterocycles. The second-order valence-electron chi connectivity index (χ2n) is 5.27. The van der Waals surface area contributed by atoms with E-state index in [4.69, 9.17) is 0 Å². The van der Waals surface area contributed by atoms with Crippen molar-refractivity contribution in [2.45, 2.75) is 17.3 Å². The lowest BCUT2D eigenvalue weighted by molar-refractivity contribution is -0.494. The lowest BCUT2D eigenvalue weighted by Gasteiger charge is -2.32. The zero-order valence-corrected chi connectivity index (χ0v) is 13.5. The Morgan fingerprint density at radius 3 is 2.00 bits per heavy atom. The summed E-state index contributed by atoms with van der Waals surface area (Å²) in [5, 5.41) is 11.0. The molecule has 0 saturated heterocycles. The van der Waals surface area contributed by atoms with Crippen molar-refractivity contribution >= 4 is 11.8 Å². The van der Waals surface area contributed by atoms with Gasteiger partial charge in [-0.1, -0.05) is 60.7 Å². The van der Waals surface area contributed by atoms with Gasteiger partial charge in [0.05, 0.1) is 0 Å². The Morgan fingerprint density at radius 2 is 1.50 bits per heavy atom. The molecule has 0 aliphatic rings. The third kappa shape index (κ3) is 4.29. The van der Waals surface area contributed by atoms with Gasteiger partial charge in [0, 0.05) is 4.92 Å². The van der Waals surface area contributed by atoms with Crippen LogP contribution in [-0.2, 0) is 11.2 Å². The van der Waals surface area contributed by atoms with E-state index in [2.05, 4.69) is 0 Å². The van der Waals surface area contributed by atoms with E-state index in [9.17, 15) is 23.3 Å². The van der Waals surface area contributed by atoms with Crippen LogP contribution in [0.1, 0.15) is 11.1 Å². The first-order chi connectivity index (χ1) is 11.3. The topological polar surface area (TPSA) is 43.1 Å². The minimum absolute atomic E-state index is 0.0905. The average molecular weight is 355 g/mol. The van der Waals surface area contributed by atoms with Gasteiger partial charge in [-0.05, 0) is 23.3 Å². The lowest BCUT2D eigenvalue weighted by atomic mass is 9.97. The number of hydrogen-bond acceptors (Lipinski definition) is 3. The fourth-order valence-electron chi connectivity index (χ4n) is 2.43. The third-order valence-electron chi connectivity index (χ3n) is 3.63. The van der Waals surface area contributed by atoms with E-state index in [1.165, 1.54) is 24.3 Å². The molecular weight excluding hydrogens is 339 g/mol. The number of hydrogen-bond donors (Lipinski definition) is 0. The lowest BCUT2D eigenvalue weighted by Crippen LogP contribution is -2.45. The van der Waals surface area contributed by atoms with Crippen molar-refractivity contribution < 1.29 is 18.1 Å². The molecule has 0 amide bonds. The number of halogens is 3. The van der Waals surface area contributed by atoms with E-state index in [1.54, 1.807) is 6.07 Å². The van der Waals surface area contributed by atoms with Crippen molar-refractivity contribution in [2.24, 2.45) is 0 Å². The van der Waals surface area contributed by atoms with E-state index in [0.29, 0.717) is 18.2 Å². The first kappa shape index (κ1) is 18.3. The normalized spacial score (nSPS) is 14.1. The maximum atomic E-state index is 13.8. The quantitative estimate of drug-likeness (QED) is 0.534. The average Bonchev–Trinajstić information content (AvgIpc) is 2.54. The largest absolute Gasteiger partial charge is 0.413 e. The molecule has 1 atom stereocenters. The molecule has 2 rings (SSSR count). The summed E-state index contributed by atoms with van der Waals surface area (Å²) >= 11 is 0.586. The minimum Gasteiger partial charge on any atom is -0.264 e. The number of alkyl halides is 3. The molecule has 0 bridgehead atoms. The highest BCUT2D eigenvalue weighted by molar-refractivity contribution is 8.00. The number of rotatable bonds is 7. The van der Waals surface area contributed by atoms with Crippen LogP contribution in [0.25, 0.3) is 0 Å². The van der Waals surface area contributed by atoms with Crippen LogP contribution >= 0.6 is 11.8 Å². The highest BCUT2D eigenvalue weighted by Crippen LogP contribution is 2.49. The Labute approximate surface area is 142 Å². The molecule has 0 radical (unpaired) electrons. The Kier molecular flexibility index (Phi) is 5.88. The van der Waals surface area contributed by atoms with Crippen molar-refractivity contribution in [3.8, 4) is 0 Å². The van der Waals surface area contributed by atoms with Crippen molar-refractivity contribution in [1.29, 1.82) is 0 Å². The summed E-state index contributed by atoms with van der Waals surface area (Å²) in [6.45, 7) is -1.19. The van der Waals surface area contributed by atoms with E-state index >= 15 is 0 Å². The maximum Gasteiger partial charge on any atom is 0.413 e. The van der Waals surface area contributed by atoms with Gasteiger partial charge >= 0.3 is 6.18 Å². The molecule has 0 aliphatic carbocycles. The summed E-state index contributed by atoms with van der Waals surface area (Å²) < 4.78 is 38.9. The van der Waals surface area contributed by atoms with Gasteiger partial charge in [0.15, 0.2) is 0 Å². The third-order valence-corrected chi connectivity index (χ3v) is 5.13. The van der Waals surface area contributed by atoms with E-state index < -0.39 is 22.4 Å². The summed E-state index contributed by atoms with van der Waals surface area (Å²) in [4.78, 5) is 10.1. The van der Waals surface area contributed by atoms with Gasteiger partial charge < -0.3 is 0 Å². The Morgan fingerprint density at radius 1 is 0.958 bits per heavy atom. The Balaban J connectivity index is 2.29. The molecule has 0 saturated carbocycles. The van der Waals surface area contributed by atoms with Crippen LogP contribution in [0.2, 0.25) is 0 Å². The predicted octanol–water partition coefficient (Wildman–Crippen LogP) is 4.70. The maximum absolute atomic E-state index is 13.8. The molecule has 0 N–H and O–H groups in total. The van der Waals surface area contributed by atoms with Gasteiger partial charge in [-0.3, -0.25) is 10.1 Å².